The molecule has 0 unspecified atom stereocenters. The second-order valence-corrected chi connectivity index (χ2v) is 20.4. The summed E-state index contributed by atoms with van der Waals surface area (Å²) in [6.07, 6.45) is -3.08. The molecular formula is C55H71ClF6FeIN17O16S. The summed E-state index contributed by atoms with van der Waals surface area (Å²) >= 11 is 1.63. The molecule has 0 radical (unpaired) electrons. The zero-order valence-corrected chi connectivity index (χ0v) is 58.1. The van der Waals surface area contributed by atoms with E-state index in [1.165, 1.54) is 94.5 Å². The average molecular weight is 1590 g/mol. The van der Waals surface area contributed by atoms with Gasteiger partial charge in [-0.2, -0.15) is 23.7 Å². The van der Waals surface area contributed by atoms with Crippen LogP contribution in [0.3, 0.4) is 0 Å². The largest absolute Gasteiger partial charge is 0.506 e. The Kier molecular flexibility index (Phi) is 43.3. The Bertz CT molecular complexity index is 3820. The van der Waals surface area contributed by atoms with Crippen LogP contribution >= 0.6 is 35.0 Å². The summed E-state index contributed by atoms with van der Waals surface area (Å²) in [5.41, 5.74) is 18.1. The minimum atomic E-state index is -3.84. The Labute approximate surface area is 586 Å². The third-order valence-electron chi connectivity index (χ3n) is 10.4. The van der Waals surface area contributed by atoms with E-state index in [0.717, 1.165) is 23.8 Å². The van der Waals surface area contributed by atoms with Crippen LogP contribution in [0.1, 0.15) is 50.7 Å². The smallest absolute Gasteiger partial charge is 0.358 e. The number of ether oxygens (including phenoxy) is 5. The normalized spacial score (nSPS) is 10.5. The summed E-state index contributed by atoms with van der Waals surface area (Å²) in [7, 11) is -3.84. The van der Waals surface area contributed by atoms with Gasteiger partial charge in [0.25, 0.3) is 36.4 Å². The van der Waals surface area contributed by atoms with Gasteiger partial charge in [0.1, 0.15) is 94.7 Å². The zero-order valence-electron chi connectivity index (χ0n) is 53.2. The van der Waals surface area contributed by atoms with Gasteiger partial charge in [-0.25, -0.2) is 55.3 Å². The number of hydrogen-bond donors (Lipinski definition) is 6. The Hall–Kier alpha value is -9.30. The maximum absolute atomic E-state index is 12.2. The summed E-state index contributed by atoms with van der Waals surface area (Å²) in [5.74, 6) is 1.38. The molecule has 5 aromatic carbocycles. The van der Waals surface area contributed by atoms with Gasteiger partial charge >= 0.3 is 10.1 Å². The van der Waals surface area contributed by atoms with Gasteiger partial charge in [-0.3, -0.25) is 34.6 Å². The van der Waals surface area contributed by atoms with Crippen molar-refractivity contribution in [3.63, 3.8) is 0 Å². The first kappa shape index (κ1) is 90.8. The van der Waals surface area contributed by atoms with Crippen molar-refractivity contribution in [2.45, 2.75) is 86.0 Å². The fourth-order valence-corrected chi connectivity index (χ4v) is 7.09. The third kappa shape index (κ3) is 34.1. The van der Waals surface area contributed by atoms with E-state index in [1.807, 2.05) is 27.7 Å². The number of non-ortho nitro benzene ring substituents is 3. The van der Waals surface area contributed by atoms with Gasteiger partial charge in [-0.1, -0.05) is 45.4 Å². The number of aromatic hydroxyl groups is 2. The molecule has 33 nitrogen and oxygen atoms in total. The Morgan fingerprint density at radius 3 is 1.32 bits per heavy atom. The fourth-order valence-electron chi connectivity index (χ4n) is 6.32. The van der Waals surface area contributed by atoms with E-state index in [4.69, 9.17) is 46.0 Å². The van der Waals surface area contributed by atoms with Gasteiger partial charge in [0.2, 0.25) is 6.43 Å². The van der Waals surface area contributed by atoms with Crippen molar-refractivity contribution in [3.8, 4) is 40.1 Å². The first-order chi connectivity index (χ1) is 44.7. The van der Waals surface area contributed by atoms with E-state index < -0.39 is 63.9 Å². The summed E-state index contributed by atoms with van der Waals surface area (Å²) in [4.78, 5) is 41.3. The van der Waals surface area contributed by atoms with Crippen molar-refractivity contribution in [3.05, 3.63) is 169 Å². The molecule has 0 bridgehead atoms. The molecule has 0 saturated carbocycles. The number of rotatable bonds is 22. The van der Waals surface area contributed by atoms with Crippen LogP contribution in [0.5, 0.6) is 23.0 Å². The molecule has 0 amide bonds. The molecule has 98 heavy (non-hydrogen) atoms. The number of amidine groups is 1. The van der Waals surface area contributed by atoms with Crippen LogP contribution in [0.15, 0.2) is 126 Å². The van der Waals surface area contributed by atoms with E-state index >= 15 is 0 Å². The van der Waals surface area contributed by atoms with Gasteiger partial charge in [0.05, 0.1) is 43.1 Å². The van der Waals surface area contributed by atoms with E-state index in [1.54, 1.807) is 67.6 Å². The Balaban J connectivity index is 0. The number of nitro benzene ring substituents is 3. The quantitative estimate of drug-likeness (QED) is 0.00314. The molecule has 8 rings (SSSR count). The molecule has 0 saturated heterocycles. The molecule has 3 heterocycles. The number of halogens is 8. The molecule has 43 heteroatoms. The topological polar surface area (TPSA) is 477 Å². The molecule has 0 atom stereocenters. The molecule has 8 aromatic rings. The van der Waals surface area contributed by atoms with Gasteiger partial charge in [-0.05, 0) is 97.9 Å². The number of nitro groups is 3. The van der Waals surface area contributed by atoms with E-state index in [-0.39, 0.29) is 96.5 Å². The van der Waals surface area contributed by atoms with Gasteiger partial charge in [0, 0.05) is 66.8 Å². The monoisotopic (exact) mass is 1590 g/mol. The number of nitrogens with two attached hydrogens (primary N) is 3. The van der Waals surface area contributed by atoms with Crippen LogP contribution in [-0.4, -0.2) is 147 Å². The summed E-state index contributed by atoms with van der Waals surface area (Å²) in [5, 5.41) is 65.1. The van der Waals surface area contributed by atoms with E-state index in [2.05, 4.69) is 39.7 Å². The van der Waals surface area contributed by atoms with Crippen LogP contribution < -0.4 is 32.8 Å². The molecule has 0 aliphatic heterocycles. The summed E-state index contributed by atoms with van der Waals surface area (Å²) in [6, 6.07) is 22.0. The third-order valence-corrected chi connectivity index (χ3v) is 12.2. The van der Waals surface area contributed by atoms with Crippen LogP contribution in [0.4, 0.5) is 54.8 Å². The van der Waals surface area contributed by atoms with Crippen molar-refractivity contribution in [1.29, 1.82) is 0 Å². The maximum Gasteiger partial charge on any atom is 0.358 e. The molecule has 11 N–H and O–H groups in total. The average Bonchev–Trinajstić information content (AvgIpc) is 1.57. The number of oxime groups is 1. The van der Waals surface area contributed by atoms with Gasteiger partial charge in [0.15, 0.2) is 5.75 Å². The number of phenols is 2. The number of phenolic OH excluding ortho intramolecular Hbond substituents is 2. The van der Waals surface area contributed by atoms with Crippen LogP contribution in [0.25, 0.3) is 17.1 Å². The first-order valence-electron chi connectivity index (χ1n) is 27.1. The standard InChI is InChI=1S/C11H10F2N4O3.C11H12F2N4O.C9H8N4O3.C9H12N2O3S.C7H16O3.C6H6N2O3.C2H3F2I.ClH.Fe.H3N/c1-7-14-6-16(15-7)9-3-2-8(17(18)19)4-10(9)20-5-11(12)13;1-7-15-6-17(16-7)9-3-2-8(14)4-10(9)18-5-11(12)13;1-6-10-5-12(11-6)8-3-2-7(13(15)16)4-9(8)14;1-7-3-5-9(6-4-7)15(12,13)14-11-8(2)10;1-4-8-7(9-5-2)10-6-3;7-5-2-1-4(8(10)11)3-6(5)9;3-2(4)1-5;;;/h2-4,6,11H,5H2,1H3;2-4,6,11H,5,14H2,1H3;2-5,14H,1H3;3-6H,1-2H3,(H2,10,11);7H,4-6H2,1-3H3;1-3,9H,7H2;2H,1H2;1H;;1H3. The number of nitrogen functional groups attached to an aromatic ring is 2. The number of alkyl halides is 7. The second kappa shape index (κ2) is 46.8. The predicted molar refractivity (Wildman–Crippen MR) is 352 cm³/mol. The molecule has 0 fully saturated rings. The molecule has 3 aromatic heterocycles. The molecule has 0 aliphatic carbocycles. The van der Waals surface area contributed by atoms with Crippen molar-refractivity contribution in [1.82, 2.24) is 50.4 Å². The fraction of sp³-hybridized carbons (Fsp3) is 0.327. The first-order valence-corrected chi connectivity index (χ1v) is 30.0. The van der Waals surface area contributed by atoms with Crippen molar-refractivity contribution < 1.29 is 105 Å². The predicted octanol–water partition coefficient (Wildman–Crippen LogP) is 10.6. The number of anilines is 2. The number of nitrogens with zero attached hydrogens (tertiary/aromatic N) is 13. The zero-order chi connectivity index (χ0) is 71.5. The Morgan fingerprint density at radius 1 is 0.602 bits per heavy atom. The van der Waals surface area contributed by atoms with Gasteiger partial charge in [-0.15, -0.1) is 12.4 Å². The maximum atomic E-state index is 12.2. The minimum Gasteiger partial charge on any atom is -0.506 e. The number of aromatic nitrogens is 9. The Morgan fingerprint density at radius 2 is 0.969 bits per heavy atom. The van der Waals surface area contributed by atoms with Crippen molar-refractivity contribution >= 4 is 79.4 Å². The van der Waals surface area contributed by atoms with E-state index in [9.17, 15) is 70.2 Å². The summed E-state index contributed by atoms with van der Waals surface area (Å²) in [6.45, 7) is 13.9. The number of aryl methyl sites for hydroxylation is 4. The minimum absolute atomic E-state index is 0. The van der Waals surface area contributed by atoms with Crippen LogP contribution in [0.2, 0.25) is 0 Å². The number of benzene rings is 5. The number of hydrogen-bond acceptors (Lipinski definition) is 26. The van der Waals surface area contributed by atoms with Crippen molar-refractivity contribution in [2.75, 3.05) is 48.9 Å². The molecular weight excluding hydrogens is 1520 g/mol. The van der Waals surface area contributed by atoms with Crippen LogP contribution in [0, 0.1) is 58.0 Å². The molecule has 542 valence electrons. The molecule has 0 aliphatic rings. The van der Waals surface area contributed by atoms with Crippen LogP contribution in [-0.2, 0) is 45.7 Å². The molecule has 0 spiro atoms. The SMILES string of the molecule is CC(N)=NOS(=O)(=O)c1ccc(C)cc1.CCOC(OCC)OCC.Cc1ncn(-c2ccc(N)cc2OCC(F)F)n1.Cc1ncn(-c2ccc([N+](=O)[O-])cc2O)n1.Cc1ncn(-c2ccc([N+](=O)[O-])cc2OCC(F)F)n1.Cl.FC(F)CI.N.Nc1ccc([N+](=O)[O-])cc1O.[Fe]. The van der Waals surface area contributed by atoms with Crippen molar-refractivity contribution in [2.24, 2.45) is 10.9 Å². The second-order valence-electron chi connectivity index (χ2n) is 18.0. The van der Waals surface area contributed by atoms with Gasteiger partial charge < -0.3 is 57.2 Å². The summed E-state index contributed by atoms with van der Waals surface area (Å²) < 4.78 is 127. The van der Waals surface area contributed by atoms with E-state index in [0.29, 0.717) is 60.0 Å².